The fourth-order valence-corrected chi connectivity index (χ4v) is 2.17. The SMILES string of the molecule is CC(C)Oc1ccc(C(=O)CNCCc2ccccc2)cc1. The summed E-state index contributed by atoms with van der Waals surface area (Å²) in [6, 6.07) is 17.6. The number of hydrogen-bond donors (Lipinski definition) is 1. The molecule has 0 aliphatic carbocycles. The van der Waals surface area contributed by atoms with Crippen LogP contribution in [0, 0.1) is 0 Å². The largest absolute Gasteiger partial charge is 0.491 e. The van der Waals surface area contributed by atoms with E-state index in [1.807, 2.05) is 56.3 Å². The lowest BCUT2D eigenvalue weighted by Gasteiger charge is -2.10. The van der Waals surface area contributed by atoms with E-state index in [0.29, 0.717) is 12.1 Å². The number of carbonyl (C=O) groups excluding carboxylic acids is 1. The highest BCUT2D eigenvalue weighted by Gasteiger charge is 2.06. The molecule has 0 spiro atoms. The molecular formula is C19H23NO2. The van der Waals surface area contributed by atoms with Crippen molar-refractivity contribution in [2.75, 3.05) is 13.1 Å². The molecule has 0 radical (unpaired) electrons. The van der Waals surface area contributed by atoms with Gasteiger partial charge in [-0.1, -0.05) is 30.3 Å². The van der Waals surface area contributed by atoms with Crippen LogP contribution in [0.3, 0.4) is 0 Å². The molecule has 2 aromatic rings. The van der Waals surface area contributed by atoms with Gasteiger partial charge in [0.1, 0.15) is 5.75 Å². The summed E-state index contributed by atoms with van der Waals surface area (Å²) in [6.45, 7) is 5.12. The minimum atomic E-state index is 0.101. The molecule has 0 aliphatic heterocycles. The number of carbonyl (C=O) groups is 1. The lowest BCUT2D eigenvalue weighted by Crippen LogP contribution is -2.25. The third kappa shape index (κ3) is 5.34. The van der Waals surface area contributed by atoms with Crippen molar-refractivity contribution < 1.29 is 9.53 Å². The molecule has 2 rings (SSSR count). The van der Waals surface area contributed by atoms with Crippen LogP contribution >= 0.6 is 0 Å². The van der Waals surface area contributed by atoms with E-state index in [4.69, 9.17) is 4.74 Å². The molecule has 0 fully saturated rings. The summed E-state index contributed by atoms with van der Waals surface area (Å²) in [6.07, 6.45) is 1.07. The van der Waals surface area contributed by atoms with Gasteiger partial charge in [-0.15, -0.1) is 0 Å². The van der Waals surface area contributed by atoms with E-state index in [1.165, 1.54) is 5.56 Å². The molecule has 0 saturated carbocycles. The van der Waals surface area contributed by atoms with Gasteiger partial charge in [-0.2, -0.15) is 0 Å². The fraction of sp³-hybridized carbons (Fsp3) is 0.316. The Labute approximate surface area is 132 Å². The van der Waals surface area contributed by atoms with Gasteiger partial charge in [0.15, 0.2) is 5.78 Å². The van der Waals surface area contributed by atoms with E-state index in [1.54, 1.807) is 0 Å². The summed E-state index contributed by atoms with van der Waals surface area (Å²) in [5, 5.41) is 3.20. The Hall–Kier alpha value is -2.13. The Morgan fingerprint density at radius 3 is 2.36 bits per heavy atom. The highest BCUT2D eigenvalue weighted by atomic mass is 16.5. The number of Topliss-reactive ketones (excluding diaryl/α,β-unsaturated/α-hetero) is 1. The summed E-state index contributed by atoms with van der Waals surface area (Å²) in [5.74, 6) is 0.896. The molecule has 0 bridgehead atoms. The molecule has 3 heteroatoms. The van der Waals surface area contributed by atoms with Crippen LogP contribution < -0.4 is 10.1 Å². The molecular weight excluding hydrogens is 274 g/mol. The first kappa shape index (κ1) is 16.2. The van der Waals surface area contributed by atoms with Crippen LogP contribution in [-0.2, 0) is 6.42 Å². The van der Waals surface area contributed by atoms with Crippen LogP contribution in [0.15, 0.2) is 54.6 Å². The van der Waals surface area contributed by atoms with E-state index in [0.717, 1.165) is 18.7 Å². The van der Waals surface area contributed by atoms with Crippen LogP contribution in [0.5, 0.6) is 5.75 Å². The minimum Gasteiger partial charge on any atom is -0.491 e. The van der Waals surface area contributed by atoms with Crippen molar-refractivity contribution in [3.8, 4) is 5.75 Å². The standard InChI is InChI=1S/C19H23NO2/c1-15(2)22-18-10-8-17(9-11-18)19(21)14-20-13-12-16-6-4-3-5-7-16/h3-11,15,20H,12-14H2,1-2H3. The quantitative estimate of drug-likeness (QED) is 0.599. The normalized spacial score (nSPS) is 10.7. The maximum atomic E-state index is 12.1. The Morgan fingerprint density at radius 1 is 1.05 bits per heavy atom. The van der Waals surface area contributed by atoms with Crippen molar-refractivity contribution in [2.24, 2.45) is 0 Å². The summed E-state index contributed by atoms with van der Waals surface area (Å²) < 4.78 is 5.57. The van der Waals surface area contributed by atoms with Gasteiger partial charge in [0.25, 0.3) is 0 Å². The van der Waals surface area contributed by atoms with Gasteiger partial charge in [0, 0.05) is 5.56 Å². The van der Waals surface area contributed by atoms with Gasteiger partial charge in [0.2, 0.25) is 0 Å². The zero-order chi connectivity index (χ0) is 15.8. The summed E-state index contributed by atoms with van der Waals surface area (Å²) in [4.78, 5) is 12.1. The van der Waals surface area contributed by atoms with Crippen molar-refractivity contribution in [3.05, 3.63) is 65.7 Å². The van der Waals surface area contributed by atoms with E-state index in [9.17, 15) is 4.79 Å². The number of ether oxygens (including phenoxy) is 1. The van der Waals surface area contributed by atoms with Gasteiger partial charge in [0.05, 0.1) is 12.6 Å². The maximum absolute atomic E-state index is 12.1. The highest BCUT2D eigenvalue weighted by molar-refractivity contribution is 5.97. The lowest BCUT2D eigenvalue weighted by atomic mass is 10.1. The van der Waals surface area contributed by atoms with Crippen molar-refractivity contribution in [1.82, 2.24) is 5.32 Å². The zero-order valence-corrected chi connectivity index (χ0v) is 13.2. The second-order valence-electron chi connectivity index (χ2n) is 5.53. The first-order valence-corrected chi connectivity index (χ1v) is 7.69. The van der Waals surface area contributed by atoms with Crippen molar-refractivity contribution in [3.63, 3.8) is 0 Å². The van der Waals surface area contributed by atoms with Crippen LogP contribution in [0.2, 0.25) is 0 Å². The summed E-state index contributed by atoms with van der Waals surface area (Å²) in [7, 11) is 0. The van der Waals surface area contributed by atoms with Gasteiger partial charge >= 0.3 is 0 Å². The summed E-state index contributed by atoms with van der Waals surface area (Å²) in [5.41, 5.74) is 1.99. The van der Waals surface area contributed by atoms with Crippen LogP contribution in [-0.4, -0.2) is 25.0 Å². The number of hydrogen-bond acceptors (Lipinski definition) is 3. The average Bonchev–Trinajstić information content (AvgIpc) is 2.52. The molecule has 0 heterocycles. The van der Waals surface area contributed by atoms with Crippen LogP contribution in [0.1, 0.15) is 29.8 Å². The lowest BCUT2D eigenvalue weighted by molar-refractivity contribution is 0.0991. The van der Waals surface area contributed by atoms with E-state index in [2.05, 4.69) is 17.4 Å². The van der Waals surface area contributed by atoms with Gasteiger partial charge < -0.3 is 10.1 Å². The molecule has 0 aromatic heterocycles. The number of rotatable bonds is 8. The molecule has 0 atom stereocenters. The molecule has 0 saturated heterocycles. The third-order valence-corrected chi connectivity index (χ3v) is 3.27. The Balaban J connectivity index is 1.75. The van der Waals surface area contributed by atoms with E-state index < -0.39 is 0 Å². The first-order chi connectivity index (χ1) is 10.6. The average molecular weight is 297 g/mol. The summed E-state index contributed by atoms with van der Waals surface area (Å²) >= 11 is 0. The molecule has 0 unspecified atom stereocenters. The Morgan fingerprint density at radius 2 is 1.73 bits per heavy atom. The molecule has 3 nitrogen and oxygen atoms in total. The molecule has 0 amide bonds. The molecule has 1 N–H and O–H groups in total. The fourth-order valence-electron chi connectivity index (χ4n) is 2.17. The van der Waals surface area contributed by atoms with Gasteiger partial charge in [-0.05, 0) is 56.6 Å². The highest BCUT2D eigenvalue weighted by Crippen LogP contribution is 2.14. The van der Waals surface area contributed by atoms with Crippen molar-refractivity contribution in [2.45, 2.75) is 26.4 Å². The maximum Gasteiger partial charge on any atom is 0.176 e. The van der Waals surface area contributed by atoms with Crippen LogP contribution in [0.25, 0.3) is 0 Å². The Kier molecular flexibility index (Phi) is 6.16. The minimum absolute atomic E-state index is 0.101. The van der Waals surface area contributed by atoms with Crippen LogP contribution in [0.4, 0.5) is 0 Å². The Bertz CT molecular complexity index is 576. The smallest absolute Gasteiger partial charge is 0.176 e. The monoisotopic (exact) mass is 297 g/mol. The van der Waals surface area contributed by atoms with E-state index >= 15 is 0 Å². The number of benzene rings is 2. The predicted octanol–water partition coefficient (Wildman–Crippen LogP) is 3.49. The van der Waals surface area contributed by atoms with E-state index in [-0.39, 0.29) is 11.9 Å². The second kappa shape index (κ2) is 8.35. The molecule has 116 valence electrons. The van der Waals surface area contributed by atoms with Crippen molar-refractivity contribution >= 4 is 5.78 Å². The predicted molar refractivity (Wildman–Crippen MR) is 89.6 cm³/mol. The third-order valence-electron chi connectivity index (χ3n) is 3.27. The topological polar surface area (TPSA) is 38.3 Å². The number of ketones is 1. The first-order valence-electron chi connectivity index (χ1n) is 7.69. The molecule has 0 aliphatic rings. The second-order valence-corrected chi connectivity index (χ2v) is 5.53. The zero-order valence-electron chi connectivity index (χ0n) is 13.2. The molecule has 2 aromatic carbocycles. The van der Waals surface area contributed by atoms with Gasteiger partial charge in [-0.3, -0.25) is 4.79 Å². The number of nitrogens with one attached hydrogen (secondary N) is 1. The van der Waals surface area contributed by atoms with Crippen molar-refractivity contribution in [1.29, 1.82) is 0 Å². The molecule has 22 heavy (non-hydrogen) atoms. The van der Waals surface area contributed by atoms with Gasteiger partial charge in [-0.25, -0.2) is 0 Å².